The van der Waals surface area contributed by atoms with Gasteiger partial charge in [0.05, 0.1) is 0 Å². The molecule has 0 saturated carbocycles. The third-order valence-corrected chi connectivity index (χ3v) is 2.94. The summed E-state index contributed by atoms with van der Waals surface area (Å²) in [6.45, 7) is 0.446. The van der Waals surface area contributed by atoms with E-state index < -0.39 is 0 Å². The highest BCUT2D eigenvalue weighted by Crippen LogP contribution is 2.18. The molecule has 0 aliphatic heterocycles. The summed E-state index contributed by atoms with van der Waals surface area (Å²) in [6.07, 6.45) is 2.14. The summed E-state index contributed by atoms with van der Waals surface area (Å²) in [5.74, 6) is 0.580. The minimum Gasteiger partial charge on any atom is -0.378 e. The number of nitrogens with two attached hydrogens (primary N) is 1. The zero-order chi connectivity index (χ0) is 13.8. The zero-order valence-electron chi connectivity index (χ0n) is 11.2. The summed E-state index contributed by atoms with van der Waals surface area (Å²) in [6, 6.07) is 7.86. The molecule has 2 aromatic rings. The number of rotatable bonds is 4. The summed E-state index contributed by atoms with van der Waals surface area (Å²) in [7, 11) is 3.97. The maximum absolute atomic E-state index is 11.8. The van der Waals surface area contributed by atoms with Crippen molar-refractivity contribution < 1.29 is 0 Å². The molecule has 5 heteroatoms. The number of aromatic amines is 1. The van der Waals surface area contributed by atoms with E-state index in [2.05, 4.69) is 9.97 Å². The van der Waals surface area contributed by atoms with Gasteiger partial charge in [0.1, 0.15) is 5.82 Å². The van der Waals surface area contributed by atoms with E-state index in [-0.39, 0.29) is 5.56 Å². The van der Waals surface area contributed by atoms with Gasteiger partial charge in [-0.25, -0.2) is 4.98 Å². The molecule has 1 aromatic carbocycles. The molecule has 100 valence electrons. The van der Waals surface area contributed by atoms with Gasteiger partial charge in [0.15, 0.2) is 0 Å². The van der Waals surface area contributed by atoms with Gasteiger partial charge in [0.2, 0.25) is 0 Å². The quantitative estimate of drug-likeness (QED) is 0.858. The Balaban J connectivity index is 2.31. The lowest BCUT2D eigenvalue weighted by molar-refractivity contribution is 0.924. The molecule has 0 atom stereocenters. The van der Waals surface area contributed by atoms with Crippen molar-refractivity contribution in [2.45, 2.75) is 6.42 Å². The van der Waals surface area contributed by atoms with Crippen molar-refractivity contribution >= 4 is 5.69 Å². The number of H-pyrrole nitrogens is 1. The molecule has 19 heavy (non-hydrogen) atoms. The summed E-state index contributed by atoms with van der Waals surface area (Å²) >= 11 is 0. The van der Waals surface area contributed by atoms with Crippen molar-refractivity contribution in [1.82, 2.24) is 9.97 Å². The normalized spacial score (nSPS) is 10.5. The molecule has 0 unspecified atom stereocenters. The number of aromatic nitrogens is 2. The van der Waals surface area contributed by atoms with Crippen LogP contribution in [0.1, 0.15) is 5.56 Å². The van der Waals surface area contributed by atoms with Gasteiger partial charge in [0.25, 0.3) is 5.56 Å². The van der Waals surface area contributed by atoms with E-state index in [4.69, 9.17) is 5.73 Å². The molecular weight excluding hydrogens is 240 g/mol. The van der Waals surface area contributed by atoms with Crippen molar-refractivity contribution in [3.05, 3.63) is 46.4 Å². The third-order valence-electron chi connectivity index (χ3n) is 2.94. The molecule has 5 nitrogen and oxygen atoms in total. The minimum absolute atomic E-state index is 0.118. The van der Waals surface area contributed by atoms with Crippen LogP contribution in [0.5, 0.6) is 0 Å². The van der Waals surface area contributed by atoms with Gasteiger partial charge in [-0.2, -0.15) is 0 Å². The van der Waals surface area contributed by atoms with E-state index in [1.165, 1.54) is 0 Å². The van der Waals surface area contributed by atoms with Crippen LogP contribution in [-0.4, -0.2) is 30.6 Å². The second kappa shape index (κ2) is 5.67. The molecule has 0 amide bonds. The molecule has 0 spiro atoms. The lowest BCUT2D eigenvalue weighted by atomic mass is 10.1. The fraction of sp³-hybridized carbons (Fsp3) is 0.286. The Labute approximate surface area is 112 Å². The van der Waals surface area contributed by atoms with E-state index in [1.54, 1.807) is 6.20 Å². The van der Waals surface area contributed by atoms with Crippen LogP contribution in [0.25, 0.3) is 11.4 Å². The van der Waals surface area contributed by atoms with Gasteiger partial charge < -0.3 is 15.6 Å². The largest absolute Gasteiger partial charge is 0.378 e. The van der Waals surface area contributed by atoms with Gasteiger partial charge in [-0.3, -0.25) is 4.79 Å². The lowest BCUT2D eigenvalue weighted by Crippen LogP contribution is -2.17. The van der Waals surface area contributed by atoms with Gasteiger partial charge in [-0.15, -0.1) is 0 Å². The molecule has 0 saturated heterocycles. The first-order chi connectivity index (χ1) is 9.11. The van der Waals surface area contributed by atoms with E-state index in [1.807, 2.05) is 43.3 Å². The highest BCUT2D eigenvalue weighted by atomic mass is 16.1. The second-order valence-corrected chi connectivity index (χ2v) is 4.57. The lowest BCUT2D eigenvalue weighted by Gasteiger charge is -2.12. The Morgan fingerprint density at radius 3 is 2.47 bits per heavy atom. The number of benzene rings is 1. The zero-order valence-corrected chi connectivity index (χ0v) is 11.2. The monoisotopic (exact) mass is 258 g/mol. The van der Waals surface area contributed by atoms with Gasteiger partial charge in [0, 0.05) is 37.1 Å². The Bertz CT molecular complexity index is 602. The molecule has 0 bridgehead atoms. The summed E-state index contributed by atoms with van der Waals surface area (Å²) < 4.78 is 0. The Hall–Kier alpha value is -2.14. The molecule has 0 aliphatic rings. The number of hydrogen-bond acceptors (Lipinski definition) is 4. The predicted molar refractivity (Wildman–Crippen MR) is 77.4 cm³/mol. The molecule has 1 heterocycles. The van der Waals surface area contributed by atoms with E-state index >= 15 is 0 Å². The van der Waals surface area contributed by atoms with Crippen LogP contribution in [0.2, 0.25) is 0 Å². The molecule has 2 rings (SSSR count). The van der Waals surface area contributed by atoms with Crippen LogP contribution in [0.3, 0.4) is 0 Å². The smallest absolute Gasteiger partial charge is 0.254 e. The van der Waals surface area contributed by atoms with Crippen LogP contribution < -0.4 is 16.2 Å². The molecule has 0 fully saturated rings. The molecule has 1 aromatic heterocycles. The molecule has 0 aliphatic carbocycles. The average Bonchev–Trinajstić information content (AvgIpc) is 2.41. The highest BCUT2D eigenvalue weighted by molar-refractivity contribution is 5.59. The minimum atomic E-state index is -0.118. The first-order valence-electron chi connectivity index (χ1n) is 6.18. The number of hydrogen-bond donors (Lipinski definition) is 2. The van der Waals surface area contributed by atoms with Crippen molar-refractivity contribution in [2.75, 3.05) is 25.5 Å². The van der Waals surface area contributed by atoms with Crippen LogP contribution in [0, 0.1) is 0 Å². The molecule has 3 N–H and O–H groups in total. The second-order valence-electron chi connectivity index (χ2n) is 4.57. The van der Waals surface area contributed by atoms with E-state index in [0.29, 0.717) is 24.4 Å². The topological polar surface area (TPSA) is 75.0 Å². The van der Waals surface area contributed by atoms with Crippen LogP contribution in [-0.2, 0) is 6.42 Å². The predicted octanol–water partition coefficient (Wildman–Crippen LogP) is 1.00. The Kier molecular flexibility index (Phi) is 3.97. The first kappa shape index (κ1) is 13.3. The number of nitrogens with zero attached hydrogens (tertiary/aromatic N) is 2. The van der Waals surface area contributed by atoms with E-state index in [9.17, 15) is 4.79 Å². The highest BCUT2D eigenvalue weighted by Gasteiger charge is 2.04. The third kappa shape index (κ3) is 3.00. The van der Waals surface area contributed by atoms with Crippen LogP contribution in [0.15, 0.2) is 35.3 Å². The number of nitrogens with one attached hydrogen (secondary N) is 1. The first-order valence-corrected chi connectivity index (χ1v) is 6.18. The fourth-order valence-corrected chi connectivity index (χ4v) is 1.82. The SMILES string of the molecule is CN(C)c1ccc(-c2ncc(CCN)c(=O)[nH]2)cc1. The van der Waals surface area contributed by atoms with Crippen LogP contribution >= 0.6 is 0 Å². The van der Waals surface area contributed by atoms with Crippen LogP contribution in [0.4, 0.5) is 5.69 Å². The summed E-state index contributed by atoms with van der Waals surface area (Å²) in [5.41, 5.74) is 7.93. The fourth-order valence-electron chi connectivity index (χ4n) is 1.82. The number of anilines is 1. The molecular formula is C14H18N4O. The van der Waals surface area contributed by atoms with Crippen molar-refractivity contribution in [1.29, 1.82) is 0 Å². The van der Waals surface area contributed by atoms with Crippen molar-refractivity contribution in [2.24, 2.45) is 5.73 Å². The van der Waals surface area contributed by atoms with Gasteiger partial charge >= 0.3 is 0 Å². The van der Waals surface area contributed by atoms with Gasteiger partial charge in [-0.1, -0.05) is 0 Å². The van der Waals surface area contributed by atoms with Crippen molar-refractivity contribution in [3.63, 3.8) is 0 Å². The summed E-state index contributed by atoms with van der Waals surface area (Å²) in [4.78, 5) is 20.9. The van der Waals surface area contributed by atoms with Gasteiger partial charge in [-0.05, 0) is 37.2 Å². The standard InChI is InChI=1S/C14H18N4O/c1-18(2)12-5-3-10(4-6-12)13-16-9-11(7-8-15)14(19)17-13/h3-6,9H,7-8,15H2,1-2H3,(H,16,17,19). The Morgan fingerprint density at radius 2 is 1.95 bits per heavy atom. The maximum atomic E-state index is 11.8. The average molecular weight is 258 g/mol. The molecule has 0 radical (unpaired) electrons. The summed E-state index contributed by atoms with van der Waals surface area (Å²) in [5, 5.41) is 0. The maximum Gasteiger partial charge on any atom is 0.254 e. The van der Waals surface area contributed by atoms with E-state index in [0.717, 1.165) is 11.3 Å². The van der Waals surface area contributed by atoms with Crippen molar-refractivity contribution in [3.8, 4) is 11.4 Å². The Morgan fingerprint density at radius 1 is 1.26 bits per heavy atom.